The van der Waals surface area contributed by atoms with Crippen LogP contribution in [-0.2, 0) is 9.53 Å². The summed E-state index contributed by atoms with van der Waals surface area (Å²) in [5.74, 6) is 0.888. The van der Waals surface area contributed by atoms with E-state index in [1.165, 1.54) is 45.1 Å². The van der Waals surface area contributed by atoms with Gasteiger partial charge in [0.2, 0.25) is 0 Å². The zero-order valence-corrected chi connectivity index (χ0v) is 12.7. The Kier molecular flexibility index (Phi) is 5.11. The third kappa shape index (κ3) is 3.43. The normalized spacial score (nSPS) is 36.4. The van der Waals surface area contributed by atoms with Gasteiger partial charge in [-0.1, -0.05) is 12.8 Å². The molecule has 3 rings (SSSR count). The molecule has 114 valence electrons. The lowest BCUT2D eigenvalue weighted by Gasteiger charge is -2.41. The lowest BCUT2D eigenvalue weighted by Crippen LogP contribution is -2.48. The van der Waals surface area contributed by atoms with Gasteiger partial charge in [-0.2, -0.15) is 0 Å². The van der Waals surface area contributed by atoms with E-state index in [1.54, 1.807) is 0 Å². The van der Waals surface area contributed by atoms with Crippen LogP contribution in [0.1, 0.15) is 64.2 Å². The summed E-state index contributed by atoms with van der Waals surface area (Å²) in [6, 6.07) is 0.540. The highest BCUT2D eigenvalue weighted by Gasteiger charge is 2.35. The van der Waals surface area contributed by atoms with E-state index in [1.807, 2.05) is 0 Å². The standard InChI is InChI=1S/C17H29NO2/c19-17-9-2-1-7-15(17)16-8-3-4-11-18(16)12-10-14-6-5-13-20-14/h14-16H,1-13H2. The van der Waals surface area contributed by atoms with E-state index in [4.69, 9.17) is 4.74 Å². The number of Topliss-reactive ketones (excluding diaryl/α,β-unsaturated/α-hetero) is 1. The molecule has 0 aromatic rings. The minimum Gasteiger partial charge on any atom is -0.378 e. The first kappa shape index (κ1) is 14.5. The molecule has 2 aliphatic heterocycles. The van der Waals surface area contributed by atoms with E-state index >= 15 is 0 Å². The number of nitrogens with zero attached hydrogens (tertiary/aromatic N) is 1. The van der Waals surface area contributed by atoms with Gasteiger partial charge < -0.3 is 4.74 Å². The molecule has 3 aliphatic rings. The van der Waals surface area contributed by atoms with Crippen LogP contribution in [0, 0.1) is 5.92 Å². The van der Waals surface area contributed by atoms with E-state index in [-0.39, 0.29) is 0 Å². The van der Waals surface area contributed by atoms with Crippen LogP contribution in [0.15, 0.2) is 0 Å². The van der Waals surface area contributed by atoms with Gasteiger partial charge in [-0.15, -0.1) is 0 Å². The van der Waals surface area contributed by atoms with Crippen molar-refractivity contribution >= 4 is 5.78 Å². The van der Waals surface area contributed by atoms with E-state index < -0.39 is 0 Å². The molecule has 3 nitrogen and oxygen atoms in total. The van der Waals surface area contributed by atoms with Crippen LogP contribution in [-0.4, -0.2) is 42.5 Å². The largest absolute Gasteiger partial charge is 0.378 e. The molecule has 0 bridgehead atoms. The third-order valence-corrected chi connectivity index (χ3v) is 5.49. The highest BCUT2D eigenvalue weighted by Crippen LogP contribution is 2.32. The first-order chi connectivity index (χ1) is 9.84. The Morgan fingerprint density at radius 1 is 1.05 bits per heavy atom. The monoisotopic (exact) mass is 279 g/mol. The predicted molar refractivity (Wildman–Crippen MR) is 79.8 cm³/mol. The lowest BCUT2D eigenvalue weighted by atomic mass is 9.79. The quantitative estimate of drug-likeness (QED) is 0.791. The van der Waals surface area contributed by atoms with Gasteiger partial charge in [0.1, 0.15) is 5.78 Å². The number of hydrogen-bond acceptors (Lipinski definition) is 3. The summed E-state index contributed by atoms with van der Waals surface area (Å²) in [7, 11) is 0. The fourth-order valence-corrected chi connectivity index (χ4v) is 4.35. The predicted octanol–water partition coefficient (Wildman–Crippen LogP) is 3.17. The number of ether oxygens (including phenoxy) is 1. The lowest BCUT2D eigenvalue weighted by molar-refractivity contribution is -0.127. The van der Waals surface area contributed by atoms with E-state index in [9.17, 15) is 4.79 Å². The van der Waals surface area contributed by atoms with E-state index in [0.717, 1.165) is 38.8 Å². The smallest absolute Gasteiger partial charge is 0.137 e. The highest BCUT2D eigenvalue weighted by atomic mass is 16.5. The maximum absolute atomic E-state index is 12.2. The number of piperidine rings is 1. The van der Waals surface area contributed by atoms with Crippen LogP contribution < -0.4 is 0 Å². The Hall–Kier alpha value is -0.410. The molecule has 1 aliphatic carbocycles. The summed E-state index contributed by atoms with van der Waals surface area (Å²) in [4.78, 5) is 14.9. The molecule has 2 heterocycles. The van der Waals surface area contributed by atoms with Gasteiger partial charge >= 0.3 is 0 Å². The number of hydrogen-bond donors (Lipinski definition) is 0. The van der Waals surface area contributed by atoms with E-state index in [0.29, 0.717) is 23.8 Å². The number of rotatable bonds is 4. The second kappa shape index (κ2) is 7.04. The van der Waals surface area contributed by atoms with Crippen molar-refractivity contribution in [3.63, 3.8) is 0 Å². The minimum absolute atomic E-state index is 0.341. The van der Waals surface area contributed by atoms with Gasteiger partial charge in [-0.05, 0) is 51.5 Å². The molecule has 3 atom stereocenters. The first-order valence-electron chi connectivity index (χ1n) is 8.73. The Morgan fingerprint density at radius 2 is 1.95 bits per heavy atom. The molecule has 3 unspecified atom stereocenters. The third-order valence-electron chi connectivity index (χ3n) is 5.49. The number of carbonyl (C=O) groups is 1. The molecule has 0 spiro atoms. The molecule has 2 saturated heterocycles. The van der Waals surface area contributed by atoms with Crippen molar-refractivity contribution < 1.29 is 9.53 Å². The zero-order valence-electron chi connectivity index (χ0n) is 12.7. The van der Waals surface area contributed by atoms with Crippen LogP contribution in [0.2, 0.25) is 0 Å². The topological polar surface area (TPSA) is 29.5 Å². The Labute approximate surface area is 123 Å². The van der Waals surface area contributed by atoms with Crippen LogP contribution >= 0.6 is 0 Å². The van der Waals surface area contributed by atoms with Crippen LogP contribution in [0.4, 0.5) is 0 Å². The van der Waals surface area contributed by atoms with Crippen molar-refractivity contribution in [3.8, 4) is 0 Å². The van der Waals surface area contributed by atoms with Gasteiger partial charge in [0.25, 0.3) is 0 Å². The summed E-state index contributed by atoms with van der Waals surface area (Å²) in [6.07, 6.45) is 12.3. The van der Waals surface area contributed by atoms with Crippen molar-refractivity contribution in [2.75, 3.05) is 19.7 Å². The van der Waals surface area contributed by atoms with Crippen molar-refractivity contribution in [3.05, 3.63) is 0 Å². The second-order valence-electron chi connectivity index (χ2n) is 6.84. The Morgan fingerprint density at radius 3 is 2.75 bits per heavy atom. The SMILES string of the molecule is O=C1CCCCC1C1CCCCN1CCC1CCCO1. The van der Waals surface area contributed by atoms with Crippen LogP contribution in [0.5, 0.6) is 0 Å². The summed E-state index contributed by atoms with van der Waals surface area (Å²) >= 11 is 0. The average molecular weight is 279 g/mol. The van der Waals surface area contributed by atoms with E-state index in [2.05, 4.69) is 4.90 Å². The minimum atomic E-state index is 0.341. The van der Waals surface area contributed by atoms with Crippen molar-refractivity contribution in [2.24, 2.45) is 5.92 Å². The summed E-state index contributed by atoms with van der Waals surface area (Å²) < 4.78 is 5.75. The second-order valence-corrected chi connectivity index (χ2v) is 6.84. The molecule has 0 amide bonds. The molecule has 20 heavy (non-hydrogen) atoms. The molecule has 3 heteroatoms. The van der Waals surface area contributed by atoms with Crippen molar-refractivity contribution in [1.29, 1.82) is 0 Å². The van der Waals surface area contributed by atoms with Crippen LogP contribution in [0.25, 0.3) is 0 Å². The molecule has 3 fully saturated rings. The van der Waals surface area contributed by atoms with Gasteiger partial charge in [-0.25, -0.2) is 0 Å². The molecule has 0 radical (unpaired) electrons. The molecule has 0 aromatic heterocycles. The molecule has 1 saturated carbocycles. The molecular weight excluding hydrogens is 250 g/mol. The fourth-order valence-electron chi connectivity index (χ4n) is 4.35. The maximum Gasteiger partial charge on any atom is 0.137 e. The maximum atomic E-state index is 12.2. The Bertz CT molecular complexity index is 325. The molecular formula is C17H29NO2. The van der Waals surface area contributed by atoms with Gasteiger partial charge in [0.05, 0.1) is 6.10 Å². The highest BCUT2D eigenvalue weighted by molar-refractivity contribution is 5.82. The zero-order chi connectivity index (χ0) is 13.8. The van der Waals surface area contributed by atoms with Crippen molar-refractivity contribution in [1.82, 2.24) is 4.90 Å². The number of carbonyl (C=O) groups excluding carboxylic acids is 1. The first-order valence-corrected chi connectivity index (χ1v) is 8.73. The summed E-state index contributed by atoms with van der Waals surface area (Å²) in [5, 5.41) is 0. The van der Waals surface area contributed by atoms with Gasteiger partial charge in [0, 0.05) is 31.5 Å². The van der Waals surface area contributed by atoms with Gasteiger partial charge in [0.15, 0.2) is 0 Å². The number of ketones is 1. The number of likely N-dealkylation sites (tertiary alicyclic amines) is 1. The summed E-state index contributed by atoms with van der Waals surface area (Å²) in [5.41, 5.74) is 0. The van der Waals surface area contributed by atoms with Gasteiger partial charge in [-0.3, -0.25) is 9.69 Å². The van der Waals surface area contributed by atoms with Crippen LogP contribution in [0.3, 0.4) is 0 Å². The molecule has 0 aromatic carbocycles. The Balaban J connectivity index is 1.56. The fraction of sp³-hybridized carbons (Fsp3) is 0.941. The molecule has 0 N–H and O–H groups in total. The van der Waals surface area contributed by atoms with Crippen molar-refractivity contribution in [2.45, 2.75) is 76.4 Å². The average Bonchev–Trinajstić information content (AvgIpc) is 2.99. The summed E-state index contributed by atoms with van der Waals surface area (Å²) in [6.45, 7) is 3.29.